The third-order valence-electron chi connectivity index (χ3n) is 5.15. The number of methoxy groups -OCH3 is 1. The van der Waals surface area contributed by atoms with Crippen molar-refractivity contribution in [2.45, 2.75) is 12.2 Å². The summed E-state index contributed by atoms with van der Waals surface area (Å²) in [6.45, 7) is 0.956. The lowest BCUT2D eigenvalue weighted by molar-refractivity contribution is -0.220. The van der Waals surface area contributed by atoms with Crippen molar-refractivity contribution in [2.24, 2.45) is 0 Å². The zero-order chi connectivity index (χ0) is 21.7. The molecule has 3 aromatic rings. The molecule has 0 N–H and O–H groups in total. The molecule has 0 radical (unpaired) electrons. The van der Waals surface area contributed by atoms with Crippen LogP contribution in [0.3, 0.4) is 0 Å². The Morgan fingerprint density at radius 3 is 2.61 bits per heavy atom. The van der Waals surface area contributed by atoms with E-state index in [9.17, 15) is 9.18 Å². The molecule has 2 aromatic carbocycles. The van der Waals surface area contributed by atoms with Crippen molar-refractivity contribution in [3.05, 3.63) is 83.9 Å². The Labute approximate surface area is 179 Å². The van der Waals surface area contributed by atoms with Gasteiger partial charge in [0.05, 0.1) is 20.3 Å². The monoisotopic (exact) mass is 423 g/mol. The number of carbonyl (C=O) groups is 1. The Hall–Kier alpha value is -3.29. The predicted octanol–water partition coefficient (Wildman–Crippen LogP) is 3.88. The molecule has 1 aromatic heterocycles. The second-order valence-corrected chi connectivity index (χ2v) is 7.21. The second kappa shape index (κ2) is 9.24. The summed E-state index contributed by atoms with van der Waals surface area (Å²) in [5.41, 5.74) is 2.37. The van der Waals surface area contributed by atoms with Crippen LogP contribution in [0.2, 0.25) is 0 Å². The van der Waals surface area contributed by atoms with Crippen molar-refractivity contribution in [1.82, 2.24) is 4.98 Å². The molecule has 4 rings (SSSR count). The minimum atomic E-state index is -0.644. The molecule has 0 spiro atoms. The molecule has 2 heterocycles. The van der Waals surface area contributed by atoms with Gasteiger partial charge in [-0.05, 0) is 47.0 Å². The number of nitrogens with zero attached hydrogens (tertiary/aromatic N) is 1. The van der Waals surface area contributed by atoms with Crippen molar-refractivity contribution in [1.29, 1.82) is 0 Å². The Balaban J connectivity index is 1.40. The number of esters is 1. The standard InChI is InChI=1S/C24H22FNO5/c1-28-22(27)14-31-24(15-29-16-24)19-7-9-20(10-8-19)30-13-17-4-2-5-18(12-17)21-6-3-11-26-23(21)25/h2-12H,13-16H2,1H3. The normalized spacial score (nSPS) is 14.5. The van der Waals surface area contributed by atoms with Gasteiger partial charge in [-0.3, -0.25) is 0 Å². The lowest BCUT2D eigenvalue weighted by Crippen LogP contribution is -2.49. The molecule has 31 heavy (non-hydrogen) atoms. The van der Waals surface area contributed by atoms with E-state index < -0.39 is 17.5 Å². The largest absolute Gasteiger partial charge is 0.489 e. The number of aromatic nitrogens is 1. The Kier molecular flexibility index (Phi) is 6.25. The van der Waals surface area contributed by atoms with Gasteiger partial charge in [0.2, 0.25) is 5.95 Å². The molecule has 1 aliphatic heterocycles. The van der Waals surface area contributed by atoms with Crippen LogP contribution in [0, 0.1) is 5.95 Å². The van der Waals surface area contributed by atoms with E-state index >= 15 is 0 Å². The number of halogens is 1. The maximum atomic E-state index is 14.0. The zero-order valence-corrected chi connectivity index (χ0v) is 17.0. The summed E-state index contributed by atoms with van der Waals surface area (Å²) in [5, 5.41) is 0. The highest BCUT2D eigenvalue weighted by Crippen LogP contribution is 2.34. The first kappa shape index (κ1) is 21.0. The van der Waals surface area contributed by atoms with Crippen LogP contribution in [0.5, 0.6) is 5.75 Å². The third-order valence-corrected chi connectivity index (χ3v) is 5.15. The average molecular weight is 423 g/mol. The first-order valence-electron chi connectivity index (χ1n) is 9.81. The van der Waals surface area contributed by atoms with Gasteiger partial charge >= 0.3 is 5.97 Å². The van der Waals surface area contributed by atoms with Gasteiger partial charge in [-0.15, -0.1) is 0 Å². The summed E-state index contributed by atoms with van der Waals surface area (Å²) in [6.07, 6.45) is 1.43. The van der Waals surface area contributed by atoms with E-state index in [2.05, 4.69) is 9.72 Å². The van der Waals surface area contributed by atoms with Crippen molar-refractivity contribution in [2.75, 3.05) is 26.9 Å². The van der Waals surface area contributed by atoms with Crippen LogP contribution in [-0.2, 0) is 31.2 Å². The molecule has 0 aliphatic carbocycles. The number of carbonyl (C=O) groups excluding carboxylic acids is 1. The maximum absolute atomic E-state index is 14.0. The summed E-state index contributed by atoms with van der Waals surface area (Å²) in [5.74, 6) is -0.246. The van der Waals surface area contributed by atoms with Gasteiger partial charge in [0.1, 0.15) is 24.6 Å². The Morgan fingerprint density at radius 2 is 1.94 bits per heavy atom. The highest BCUT2D eigenvalue weighted by atomic mass is 19.1. The smallest absolute Gasteiger partial charge is 0.331 e. The molecule has 1 aliphatic rings. The van der Waals surface area contributed by atoms with Crippen LogP contribution in [0.1, 0.15) is 11.1 Å². The van der Waals surface area contributed by atoms with Crippen molar-refractivity contribution >= 4 is 5.97 Å². The van der Waals surface area contributed by atoms with E-state index in [0.717, 1.165) is 16.7 Å². The van der Waals surface area contributed by atoms with Gasteiger partial charge in [0.25, 0.3) is 0 Å². The van der Waals surface area contributed by atoms with Gasteiger partial charge in [-0.1, -0.05) is 30.3 Å². The molecule has 0 bridgehead atoms. The minimum absolute atomic E-state index is 0.133. The van der Waals surface area contributed by atoms with Gasteiger partial charge in [0, 0.05) is 11.8 Å². The van der Waals surface area contributed by atoms with Gasteiger partial charge in [0.15, 0.2) is 0 Å². The molecule has 0 unspecified atom stereocenters. The zero-order valence-electron chi connectivity index (χ0n) is 17.0. The summed E-state index contributed by atoms with van der Waals surface area (Å²) < 4.78 is 35.6. The Bertz CT molecular complexity index is 1050. The lowest BCUT2D eigenvalue weighted by atomic mass is 9.91. The van der Waals surface area contributed by atoms with Crippen LogP contribution in [0.25, 0.3) is 11.1 Å². The van der Waals surface area contributed by atoms with E-state index in [1.165, 1.54) is 13.3 Å². The summed E-state index contributed by atoms with van der Waals surface area (Å²) >= 11 is 0. The van der Waals surface area contributed by atoms with Crippen LogP contribution in [-0.4, -0.2) is 37.9 Å². The van der Waals surface area contributed by atoms with Gasteiger partial charge < -0.3 is 18.9 Å². The number of pyridine rings is 1. The lowest BCUT2D eigenvalue weighted by Gasteiger charge is -2.41. The van der Waals surface area contributed by atoms with Crippen molar-refractivity contribution < 1.29 is 28.1 Å². The SMILES string of the molecule is COC(=O)COC1(c2ccc(OCc3cccc(-c4cccnc4F)c3)cc2)COC1. The quantitative estimate of drug-likeness (QED) is 0.405. The first-order chi connectivity index (χ1) is 15.1. The van der Waals surface area contributed by atoms with Crippen LogP contribution < -0.4 is 4.74 Å². The van der Waals surface area contributed by atoms with Crippen molar-refractivity contribution in [3.63, 3.8) is 0 Å². The van der Waals surface area contributed by atoms with E-state index in [1.54, 1.807) is 12.1 Å². The second-order valence-electron chi connectivity index (χ2n) is 7.21. The molecule has 6 nitrogen and oxygen atoms in total. The summed E-state index contributed by atoms with van der Waals surface area (Å²) in [7, 11) is 1.32. The molecule has 1 saturated heterocycles. The number of benzene rings is 2. The van der Waals surface area contributed by atoms with E-state index in [-0.39, 0.29) is 6.61 Å². The van der Waals surface area contributed by atoms with Crippen LogP contribution in [0.15, 0.2) is 66.9 Å². The van der Waals surface area contributed by atoms with Crippen LogP contribution in [0.4, 0.5) is 4.39 Å². The number of hydrogen-bond donors (Lipinski definition) is 0. The Morgan fingerprint density at radius 1 is 1.13 bits per heavy atom. The fourth-order valence-corrected chi connectivity index (χ4v) is 3.33. The van der Waals surface area contributed by atoms with E-state index in [1.807, 2.05) is 48.5 Å². The molecule has 0 amide bonds. The summed E-state index contributed by atoms with van der Waals surface area (Å²) in [4.78, 5) is 15.1. The fourth-order valence-electron chi connectivity index (χ4n) is 3.33. The number of hydrogen-bond acceptors (Lipinski definition) is 6. The molecule has 0 saturated carbocycles. The molecular formula is C24H22FNO5. The van der Waals surface area contributed by atoms with Crippen molar-refractivity contribution in [3.8, 4) is 16.9 Å². The molecule has 7 heteroatoms. The molecular weight excluding hydrogens is 401 g/mol. The highest BCUT2D eigenvalue weighted by Gasteiger charge is 2.42. The topological polar surface area (TPSA) is 66.9 Å². The minimum Gasteiger partial charge on any atom is -0.489 e. The van der Waals surface area contributed by atoms with E-state index in [0.29, 0.717) is 31.1 Å². The molecule has 1 fully saturated rings. The predicted molar refractivity (Wildman–Crippen MR) is 111 cm³/mol. The van der Waals surface area contributed by atoms with E-state index in [4.69, 9.17) is 14.2 Å². The van der Waals surface area contributed by atoms with Gasteiger partial charge in [-0.2, -0.15) is 4.39 Å². The fraction of sp³-hybridized carbons (Fsp3) is 0.250. The number of rotatable bonds is 8. The molecule has 160 valence electrons. The van der Waals surface area contributed by atoms with Crippen LogP contribution >= 0.6 is 0 Å². The first-order valence-corrected chi connectivity index (χ1v) is 9.81. The third kappa shape index (κ3) is 4.73. The number of ether oxygens (including phenoxy) is 4. The highest BCUT2D eigenvalue weighted by molar-refractivity contribution is 5.70. The average Bonchev–Trinajstić information content (AvgIpc) is 2.78. The summed E-state index contributed by atoms with van der Waals surface area (Å²) in [6, 6.07) is 18.4. The van der Waals surface area contributed by atoms with Gasteiger partial charge in [-0.25, -0.2) is 9.78 Å². The molecule has 0 atom stereocenters. The maximum Gasteiger partial charge on any atom is 0.331 e.